The van der Waals surface area contributed by atoms with Crippen molar-refractivity contribution in [2.24, 2.45) is 7.05 Å². The topological polar surface area (TPSA) is 86.3 Å². The zero-order chi connectivity index (χ0) is 13.4. The lowest BCUT2D eigenvalue weighted by Crippen LogP contribution is -2.38. The van der Waals surface area contributed by atoms with Crippen molar-refractivity contribution < 1.29 is 9.53 Å². The Morgan fingerprint density at radius 1 is 1.47 bits per heavy atom. The van der Waals surface area contributed by atoms with Gasteiger partial charge in [0, 0.05) is 25.0 Å². The van der Waals surface area contributed by atoms with Crippen LogP contribution in [0.5, 0.6) is 5.75 Å². The molecule has 0 bridgehead atoms. The predicted octanol–water partition coefficient (Wildman–Crippen LogP) is 0.323. The quantitative estimate of drug-likeness (QED) is 0.785. The lowest BCUT2D eigenvalue weighted by molar-refractivity contribution is -0.121. The maximum Gasteiger partial charge on any atom is 0.265 e. The van der Waals surface area contributed by atoms with Crippen LogP contribution in [-0.4, -0.2) is 27.5 Å². The van der Waals surface area contributed by atoms with Gasteiger partial charge in [-0.2, -0.15) is 0 Å². The molecule has 1 aliphatic heterocycles. The monoisotopic (exact) mass is 259 g/mol. The van der Waals surface area contributed by atoms with Crippen molar-refractivity contribution in [1.82, 2.24) is 15.0 Å². The molecule has 7 nitrogen and oxygen atoms in total. The van der Waals surface area contributed by atoms with Gasteiger partial charge in [-0.15, -0.1) is 5.10 Å². The van der Waals surface area contributed by atoms with E-state index in [0.29, 0.717) is 23.7 Å². The molecule has 0 unspecified atom stereocenters. The van der Waals surface area contributed by atoms with E-state index in [-0.39, 0.29) is 12.5 Å². The van der Waals surface area contributed by atoms with Crippen LogP contribution >= 0.6 is 0 Å². The van der Waals surface area contributed by atoms with Crippen LogP contribution in [0.2, 0.25) is 0 Å². The molecule has 0 atom stereocenters. The first-order chi connectivity index (χ1) is 9.13. The van der Waals surface area contributed by atoms with E-state index in [9.17, 15) is 4.79 Å². The number of rotatable bonds is 2. The van der Waals surface area contributed by atoms with E-state index in [2.05, 4.69) is 10.3 Å². The molecule has 1 aromatic heterocycles. The summed E-state index contributed by atoms with van der Waals surface area (Å²) >= 11 is 0. The molecular weight excluding hydrogens is 246 g/mol. The standard InChI is InChI=1S/C12H13N5O2/c1-16-5-9(14-15-16)6-17-10-3-2-8(13)4-11(10)19-7-12(17)18/h2-5H,6-7,13H2,1H3. The van der Waals surface area contributed by atoms with Gasteiger partial charge in [0.15, 0.2) is 6.61 Å². The first-order valence-electron chi connectivity index (χ1n) is 5.81. The van der Waals surface area contributed by atoms with Crippen molar-refractivity contribution in [3.8, 4) is 5.75 Å². The Labute approximate surface area is 109 Å². The van der Waals surface area contributed by atoms with Crippen molar-refractivity contribution in [1.29, 1.82) is 0 Å². The fourth-order valence-corrected chi connectivity index (χ4v) is 2.02. The average molecular weight is 259 g/mol. The Hall–Kier alpha value is -2.57. The second-order valence-electron chi connectivity index (χ2n) is 4.38. The molecule has 1 aromatic carbocycles. The average Bonchev–Trinajstić information content (AvgIpc) is 2.78. The number of carbonyl (C=O) groups excluding carboxylic acids is 1. The van der Waals surface area contributed by atoms with E-state index < -0.39 is 0 Å². The Kier molecular flexibility index (Phi) is 2.59. The van der Waals surface area contributed by atoms with Crippen molar-refractivity contribution in [2.45, 2.75) is 6.54 Å². The summed E-state index contributed by atoms with van der Waals surface area (Å²) in [5.74, 6) is 0.506. The lowest BCUT2D eigenvalue weighted by Gasteiger charge is -2.28. The largest absolute Gasteiger partial charge is 0.481 e. The van der Waals surface area contributed by atoms with Gasteiger partial charge in [-0.25, -0.2) is 0 Å². The molecule has 1 amide bonds. The molecule has 0 spiro atoms. The zero-order valence-corrected chi connectivity index (χ0v) is 10.4. The van der Waals surface area contributed by atoms with Crippen LogP contribution in [0, 0.1) is 0 Å². The molecule has 98 valence electrons. The van der Waals surface area contributed by atoms with Crippen LogP contribution in [0.4, 0.5) is 11.4 Å². The fourth-order valence-electron chi connectivity index (χ4n) is 2.02. The van der Waals surface area contributed by atoms with Crippen LogP contribution in [-0.2, 0) is 18.4 Å². The van der Waals surface area contributed by atoms with E-state index in [1.807, 2.05) is 0 Å². The third-order valence-corrected chi connectivity index (χ3v) is 2.90. The Balaban J connectivity index is 1.94. The Bertz CT molecular complexity index is 637. The van der Waals surface area contributed by atoms with Gasteiger partial charge in [0.25, 0.3) is 5.91 Å². The van der Waals surface area contributed by atoms with Crippen LogP contribution < -0.4 is 15.4 Å². The molecule has 0 fully saturated rings. The van der Waals surface area contributed by atoms with Gasteiger partial charge in [0.05, 0.1) is 12.2 Å². The molecule has 2 heterocycles. The molecule has 2 aromatic rings. The maximum absolute atomic E-state index is 12.0. The number of aromatic nitrogens is 3. The van der Waals surface area contributed by atoms with Crippen LogP contribution in [0.15, 0.2) is 24.4 Å². The molecule has 0 aliphatic carbocycles. The molecule has 2 N–H and O–H groups in total. The first kappa shape index (κ1) is 11.5. The summed E-state index contributed by atoms with van der Waals surface area (Å²) in [6.07, 6.45) is 1.78. The summed E-state index contributed by atoms with van der Waals surface area (Å²) in [6.45, 7) is 0.379. The number of aryl methyl sites for hydroxylation is 1. The van der Waals surface area contributed by atoms with E-state index in [1.165, 1.54) is 0 Å². The van der Waals surface area contributed by atoms with Crippen molar-refractivity contribution in [2.75, 3.05) is 17.2 Å². The molecule has 3 rings (SSSR count). The summed E-state index contributed by atoms with van der Waals surface area (Å²) in [7, 11) is 1.78. The van der Waals surface area contributed by atoms with Crippen molar-refractivity contribution in [3.05, 3.63) is 30.1 Å². The van der Waals surface area contributed by atoms with E-state index >= 15 is 0 Å². The minimum Gasteiger partial charge on any atom is -0.481 e. The summed E-state index contributed by atoms with van der Waals surface area (Å²) in [5.41, 5.74) is 7.74. The van der Waals surface area contributed by atoms with E-state index in [1.54, 1.807) is 41.0 Å². The predicted molar refractivity (Wildman–Crippen MR) is 68.5 cm³/mol. The van der Waals surface area contributed by atoms with Crippen LogP contribution in [0.3, 0.4) is 0 Å². The van der Waals surface area contributed by atoms with E-state index in [4.69, 9.17) is 10.5 Å². The molecule has 0 saturated heterocycles. The number of ether oxygens (including phenoxy) is 1. The highest BCUT2D eigenvalue weighted by Gasteiger charge is 2.26. The van der Waals surface area contributed by atoms with Gasteiger partial charge in [0.2, 0.25) is 0 Å². The second kappa shape index (κ2) is 4.27. The smallest absolute Gasteiger partial charge is 0.265 e. The fraction of sp³-hybridized carbons (Fsp3) is 0.250. The normalized spacial score (nSPS) is 14.2. The molecule has 1 aliphatic rings. The van der Waals surface area contributed by atoms with Gasteiger partial charge in [0.1, 0.15) is 11.4 Å². The third kappa shape index (κ3) is 2.10. The minimum absolute atomic E-state index is 0.0106. The highest BCUT2D eigenvalue weighted by atomic mass is 16.5. The van der Waals surface area contributed by atoms with Gasteiger partial charge < -0.3 is 10.5 Å². The third-order valence-electron chi connectivity index (χ3n) is 2.90. The second-order valence-corrected chi connectivity index (χ2v) is 4.38. The molecule has 0 saturated carbocycles. The number of carbonyl (C=O) groups is 1. The minimum atomic E-state index is -0.108. The number of benzene rings is 1. The molecule has 7 heteroatoms. The zero-order valence-electron chi connectivity index (χ0n) is 10.4. The number of fused-ring (bicyclic) bond motifs is 1. The van der Waals surface area contributed by atoms with Gasteiger partial charge in [-0.1, -0.05) is 5.21 Å². The van der Waals surface area contributed by atoms with Gasteiger partial charge in [-0.05, 0) is 12.1 Å². The number of hydrogen-bond donors (Lipinski definition) is 1. The van der Waals surface area contributed by atoms with E-state index in [0.717, 1.165) is 5.69 Å². The molecule has 0 radical (unpaired) electrons. The maximum atomic E-state index is 12.0. The van der Waals surface area contributed by atoms with Crippen LogP contribution in [0.1, 0.15) is 5.69 Å². The summed E-state index contributed by atoms with van der Waals surface area (Å²) in [4.78, 5) is 13.6. The lowest BCUT2D eigenvalue weighted by atomic mass is 10.2. The van der Waals surface area contributed by atoms with Gasteiger partial charge >= 0.3 is 0 Å². The van der Waals surface area contributed by atoms with Gasteiger partial charge in [-0.3, -0.25) is 14.4 Å². The molecule has 19 heavy (non-hydrogen) atoms. The van der Waals surface area contributed by atoms with Crippen molar-refractivity contribution >= 4 is 17.3 Å². The molecular formula is C12H13N5O2. The summed E-state index contributed by atoms with van der Waals surface area (Å²) in [5, 5.41) is 7.84. The number of nitrogens with two attached hydrogens (primary N) is 1. The summed E-state index contributed by atoms with van der Waals surface area (Å²) in [6, 6.07) is 5.23. The number of nitrogens with zero attached hydrogens (tertiary/aromatic N) is 4. The number of nitrogen functional groups attached to an aromatic ring is 1. The number of amides is 1. The highest BCUT2D eigenvalue weighted by Crippen LogP contribution is 2.34. The van der Waals surface area contributed by atoms with Crippen molar-refractivity contribution in [3.63, 3.8) is 0 Å². The SMILES string of the molecule is Cn1cc(CN2C(=O)COc3cc(N)ccc32)nn1. The Morgan fingerprint density at radius 3 is 3.05 bits per heavy atom. The first-order valence-corrected chi connectivity index (χ1v) is 5.81. The highest BCUT2D eigenvalue weighted by molar-refractivity contribution is 5.98. The number of hydrogen-bond acceptors (Lipinski definition) is 5. The van der Waals surface area contributed by atoms with Crippen LogP contribution in [0.25, 0.3) is 0 Å². The Morgan fingerprint density at radius 2 is 2.32 bits per heavy atom. The number of anilines is 2. The summed E-state index contributed by atoms with van der Waals surface area (Å²) < 4.78 is 6.98.